The number of ether oxygens (including phenoxy) is 1. The lowest BCUT2D eigenvalue weighted by Crippen LogP contribution is -2.26. The molecular weight excluding hydrogens is 206 g/mol. The van der Waals surface area contributed by atoms with Crippen molar-refractivity contribution in [1.29, 1.82) is 0 Å². The first-order valence-corrected chi connectivity index (χ1v) is 5.34. The van der Waals surface area contributed by atoms with Crippen LogP contribution >= 0.6 is 0 Å². The fourth-order valence-electron chi connectivity index (χ4n) is 1.36. The highest BCUT2D eigenvalue weighted by molar-refractivity contribution is 5.72. The van der Waals surface area contributed by atoms with Crippen LogP contribution in [0.3, 0.4) is 0 Å². The van der Waals surface area contributed by atoms with E-state index in [2.05, 4.69) is 5.32 Å². The van der Waals surface area contributed by atoms with Gasteiger partial charge in [0.2, 0.25) is 0 Å². The number of anilines is 1. The second-order valence-electron chi connectivity index (χ2n) is 3.51. The van der Waals surface area contributed by atoms with Gasteiger partial charge in [-0.2, -0.15) is 0 Å². The summed E-state index contributed by atoms with van der Waals surface area (Å²) in [4.78, 5) is 10.9. The molecule has 1 aromatic rings. The zero-order valence-electron chi connectivity index (χ0n) is 9.56. The van der Waals surface area contributed by atoms with Crippen molar-refractivity contribution in [3.63, 3.8) is 0 Å². The van der Waals surface area contributed by atoms with Crippen LogP contribution in [-0.4, -0.2) is 24.2 Å². The van der Waals surface area contributed by atoms with Crippen LogP contribution in [0, 0.1) is 0 Å². The van der Waals surface area contributed by atoms with Crippen molar-refractivity contribution in [3.8, 4) is 5.75 Å². The van der Waals surface area contributed by atoms with E-state index in [0.29, 0.717) is 12.2 Å². The van der Waals surface area contributed by atoms with E-state index in [1.165, 1.54) is 0 Å². The van der Waals surface area contributed by atoms with Gasteiger partial charge in [-0.15, -0.1) is 0 Å². The molecule has 0 fully saturated rings. The first-order chi connectivity index (χ1) is 7.67. The van der Waals surface area contributed by atoms with Crippen LogP contribution in [0.15, 0.2) is 24.3 Å². The normalized spacial score (nSPS) is 11.9. The maximum atomic E-state index is 10.9. The smallest absolute Gasteiger partial charge is 0.344 e. The summed E-state index contributed by atoms with van der Waals surface area (Å²) in [6.45, 7) is 1.93. The van der Waals surface area contributed by atoms with Gasteiger partial charge < -0.3 is 15.2 Å². The monoisotopic (exact) mass is 223 g/mol. The molecule has 0 spiro atoms. The van der Waals surface area contributed by atoms with Crippen LogP contribution in [0.1, 0.15) is 19.8 Å². The molecule has 0 saturated carbocycles. The van der Waals surface area contributed by atoms with Gasteiger partial charge in [-0.3, -0.25) is 0 Å². The first kappa shape index (κ1) is 12.4. The molecule has 1 atom stereocenters. The first-order valence-electron chi connectivity index (χ1n) is 5.34. The van der Waals surface area contributed by atoms with Gasteiger partial charge in [-0.1, -0.05) is 13.3 Å². The number of rotatable bonds is 6. The summed E-state index contributed by atoms with van der Waals surface area (Å²) in [6, 6.07) is 7.22. The Hall–Kier alpha value is -1.71. The van der Waals surface area contributed by atoms with E-state index in [-0.39, 0.29) is 0 Å². The topological polar surface area (TPSA) is 58.6 Å². The molecule has 4 heteroatoms. The Morgan fingerprint density at radius 2 is 2.06 bits per heavy atom. The third kappa shape index (κ3) is 3.46. The lowest BCUT2D eigenvalue weighted by atomic mass is 10.2. The molecule has 0 amide bonds. The number of nitrogens with one attached hydrogen (secondary N) is 1. The lowest BCUT2D eigenvalue weighted by molar-refractivity contribution is -0.145. The molecule has 0 aliphatic rings. The zero-order chi connectivity index (χ0) is 12.0. The minimum Gasteiger partial charge on any atom is -0.479 e. The Labute approximate surface area is 95.2 Å². The Morgan fingerprint density at radius 3 is 2.50 bits per heavy atom. The van der Waals surface area contributed by atoms with E-state index >= 15 is 0 Å². The van der Waals surface area contributed by atoms with E-state index in [0.717, 1.165) is 12.1 Å². The van der Waals surface area contributed by atoms with Crippen LogP contribution in [0.2, 0.25) is 0 Å². The van der Waals surface area contributed by atoms with Crippen LogP contribution in [0.25, 0.3) is 0 Å². The Morgan fingerprint density at radius 1 is 1.44 bits per heavy atom. The molecule has 0 heterocycles. The Balaban J connectivity index is 2.65. The largest absolute Gasteiger partial charge is 0.479 e. The third-order valence-electron chi connectivity index (χ3n) is 2.25. The van der Waals surface area contributed by atoms with Crippen molar-refractivity contribution in [2.24, 2.45) is 0 Å². The molecule has 1 unspecified atom stereocenters. The number of hydrogen-bond acceptors (Lipinski definition) is 3. The molecule has 1 aromatic carbocycles. The molecule has 0 aliphatic carbocycles. The Kier molecular flexibility index (Phi) is 4.64. The van der Waals surface area contributed by atoms with Crippen molar-refractivity contribution in [2.45, 2.75) is 25.9 Å². The van der Waals surface area contributed by atoms with Gasteiger partial charge in [0, 0.05) is 12.7 Å². The summed E-state index contributed by atoms with van der Waals surface area (Å²) in [6.07, 6.45) is 0.541. The number of carbonyl (C=O) groups is 1. The summed E-state index contributed by atoms with van der Waals surface area (Å²) < 4.78 is 5.39. The molecule has 0 aromatic heterocycles. The Bertz CT molecular complexity index is 335. The number of hydrogen-bond donors (Lipinski definition) is 2. The molecule has 1 rings (SSSR count). The minimum absolute atomic E-state index is 0.517. The summed E-state index contributed by atoms with van der Waals surface area (Å²) in [5.74, 6) is -0.334. The quantitative estimate of drug-likeness (QED) is 0.777. The van der Waals surface area contributed by atoms with Crippen LogP contribution in [-0.2, 0) is 4.79 Å². The van der Waals surface area contributed by atoms with Gasteiger partial charge in [0.15, 0.2) is 6.10 Å². The summed E-state index contributed by atoms with van der Waals surface area (Å²) in [5.41, 5.74) is 0.967. The minimum atomic E-state index is -0.917. The molecule has 0 aliphatic heterocycles. The predicted molar refractivity (Wildman–Crippen MR) is 62.9 cm³/mol. The molecule has 0 bridgehead atoms. The average molecular weight is 223 g/mol. The maximum Gasteiger partial charge on any atom is 0.344 e. The molecule has 16 heavy (non-hydrogen) atoms. The number of benzene rings is 1. The van der Waals surface area contributed by atoms with Crippen molar-refractivity contribution in [3.05, 3.63) is 24.3 Å². The van der Waals surface area contributed by atoms with E-state index < -0.39 is 12.1 Å². The highest BCUT2D eigenvalue weighted by Gasteiger charge is 2.17. The second kappa shape index (κ2) is 6.00. The summed E-state index contributed by atoms with van der Waals surface area (Å²) in [5, 5.41) is 11.9. The van der Waals surface area contributed by atoms with Crippen LogP contribution < -0.4 is 10.1 Å². The molecule has 0 saturated heterocycles. The molecule has 0 radical (unpaired) electrons. The van der Waals surface area contributed by atoms with Gasteiger partial charge in [-0.25, -0.2) is 4.79 Å². The summed E-state index contributed by atoms with van der Waals surface area (Å²) >= 11 is 0. The van der Waals surface area contributed by atoms with Gasteiger partial charge in [0.25, 0.3) is 0 Å². The molecule has 4 nitrogen and oxygen atoms in total. The van der Waals surface area contributed by atoms with Gasteiger partial charge >= 0.3 is 5.97 Å². The van der Waals surface area contributed by atoms with Gasteiger partial charge in [-0.05, 0) is 30.7 Å². The summed E-state index contributed by atoms with van der Waals surface area (Å²) in [7, 11) is 1.83. The molecular formula is C12H17NO3. The van der Waals surface area contributed by atoms with Crippen LogP contribution in [0.5, 0.6) is 5.75 Å². The average Bonchev–Trinajstić information content (AvgIpc) is 2.29. The SMILES string of the molecule is CCCC(Oc1ccc(NC)cc1)C(=O)O. The highest BCUT2D eigenvalue weighted by atomic mass is 16.5. The number of aliphatic carboxylic acids is 1. The fourth-order valence-corrected chi connectivity index (χ4v) is 1.36. The molecule has 88 valence electrons. The lowest BCUT2D eigenvalue weighted by Gasteiger charge is -2.14. The highest BCUT2D eigenvalue weighted by Crippen LogP contribution is 2.17. The van der Waals surface area contributed by atoms with Crippen LogP contribution in [0.4, 0.5) is 5.69 Å². The molecule has 2 N–H and O–H groups in total. The second-order valence-corrected chi connectivity index (χ2v) is 3.51. The van der Waals surface area contributed by atoms with E-state index in [9.17, 15) is 4.79 Å². The van der Waals surface area contributed by atoms with Crippen molar-refractivity contribution in [1.82, 2.24) is 0 Å². The van der Waals surface area contributed by atoms with E-state index in [1.807, 2.05) is 26.1 Å². The fraction of sp³-hybridized carbons (Fsp3) is 0.417. The van der Waals surface area contributed by atoms with E-state index in [1.54, 1.807) is 12.1 Å². The predicted octanol–water partition coefficient (Wildman–Crippen LogP) is 2.36. The maximum absolute atomic E-state index is 10.9. The third-order valence-corrected chi connectivity index (χ3v) is 2.25. The van der Waals surface area contributed by atoms with Crippen molar-refractivity contribution in [2.75, 3.05) is 12.4 Å². The zero-order valence-corrected chi connectivity index (χ0v) is 9.56. The van der Waals surface area contributed by atoms with E-state index in [4.69, 9.17) is 9.84 Å². The standard InChI is InChI=1S/C12H17NO3/c1-3-4-11(12(14)15)16-10-7-5-9(13-2)6-8-10/h5-8,11,13H,3-4H2,1-2H3,(H,14,15). The number of carboxylic acids is 1. The van der Waals surface area contributed by atoms with Crippen molar-refractivity contribution >= 4 is 11.7 Å². The van der Waals surface area contributed by atoms with Gasteiger partial charge in [0.1, 0.15) is 5.75 Å². The van der Waals surface area contributed by atoms with Gasteiger partial charge in [0.05, 0.1) is 0 Å². The van der Waals surface area contributed by atoms with Crippen molar-refractivity contribution < 1.29 is 14.6 Å². The number of carboxylic acid groups (broad SMARTS) is 1.